The second-order valence-electron chi connectivity index (χ2n) is 11.4. The van der Waals surface area contributed by atoms with Gasteiger partial charge in [0.25, 0.3) is 0 Å². The Bertz CT molecular complexity index is 1510. The fourth-order valence-corrected chi connectivity index (χ4v) is 7.28. The molecule has 3 aromatic rings. The molecule has 11 heteroatoms. The van der Waals surface area contributed by atoms with Crippen LogP contribution in [0.25, 0.3) is 11.0 Å². The molecule has 11 nitrogen and oxygen atoms in total. The lowest BCUT2D eigenvalue weighted by Gasteiger charge is -2.39. The minimum atomic E-state index is -1.33. The number of aromatic nitrogens is 3. The molecule has 2 unspecified atom stereocenters. The van der Waals surface area contributed by atoms with Crippen LogP contribution in [0.4, 0.5) is 0 Å². The van der Waals surface area contributed by atoms with Crippen LogP contribution in [0.15, 0.2) is 67.3 Å². The fourth-order valence-electron chi connectivity index (χ4n) is 7.28. The van der Waals surface area contributed by atoms with Crippen molar-refractivity contribution in [3.63, 3.8) is 0 Å². The van der Waals surface area contributed by atoms with Gasteiger partial charge in [-0.2, -0.15) is 0 Å². The van der Waals surface area contributed by atoms with Crippen LogP contribution in [0.5, 0.6) is 0 Å². The van der Waals surface area contributed by atoms with Gasteiger partial charge in [-0.15, -0.1) is 11.7 Å². The van der Waals surface area contributed by atoms with E-state index in [1.54, 1.807) is 17.7 Å². The Kier molecular flexibility index (Phi) is 6.66. The second-order valence-corrected chi connectivity index (χ2v) is 11.4. The molecule has 0 saturated carbocycles. The van der Waals surface area contributed by atoms with E-state index >= 15 is 0 Å². The van der Waals surface area contributed by atoms with Gasteiger partial charge in [0.1, 0.15) is 23.8 Å². The summed E-state index contributed by atoms with van der Waals surface area (Å²) in [6, 6.07) is 14.9. The average Bonchev–Trinajstić information content (AvgIpc) is 3.67. The molecule has 2 bridgehead atoms. The average molecular weight is 560 g/mol. The molecular weight excluding hydrogens is 526 g/mol. The molecule has 3 fully saturated rings. The van der Waals surface area contributed by atoms with Crippen LogP contribution in [-0.4, -0.2) is 89.2 Å². The molecule has 2 N–H and O–H groups in total. The highest BCUT2D eigenvalue weighted by Crippen LogP contribution is 2.63. The van der Waals surface area contributed by atoms with Crippen molar-refractivity contribution in [2.24, 2.45) is 11.8 Å². The minimum absolute atomic E-state index is 0.0345. The number of benzene rings is 2. The Balaban J connectivity index is 1.43. The van der Waals surface area contributed by atoms with E-state index in [0.717, 1.165) is 11.1 Å². The van der Waals surface area contributed by atoms with Gasteiger partial charge < -0.3 is 24.7 Å². The Labute approximate surface area is 237 Å². The van der Waals surface area contributed by atoms with E-state index in [1.165, 1.54) is 9.80 Å². The highest BCUT2D eigenvalue weighted by Gasteiger charge is 2.78. The molecule has 214 valence electrons. The predicted octanol–water partition coefficient (Wildman–Crippen LogP) is 1.86. The predicted molar refractivity (Wildman–Crippen MR) is 147 cm³/mol. The van der Waals surface area contributed by atoms with Gasteiger partial charge in [0.15, 0.2) is 0 Å². The van der Waals surface area contributed by atoms with Crippen molar-refractivity contribution in [1.82, 2.24) is 24.8 Å². The third-order valence-electron chi connectivity index (χ3n) is 9.02. The number of aliphatic hydroxyl groups excluding tert-OH is 1. The number of hydrogen-bond donors (Lipinski definition) is 2. The third kappa shape index (κ3) is 4.14. The van der Waals surface area contributed by atoms with E-state index in [-0.39, 0.29) is 13.2 Å². The van der Waals surface area contributed by atoms with Gasteiger partial charge in [-0.25, -0.2) is 4.68 Å². The van der Waals surface area contributed by atoms with Gasteiger partial charge in [0.2, 0.25) is 11.8 Å². The summed E-state index contributed by atoms with van der Waals surface area (Å²) in [4.78, 5) is 44.4. The van der Waals surface area contributed by atoms with Crippen molar-refractivity contribution in [3.05, 3.63) is 72.8 Å². The van der Waals surface area contributed by atoms with Gasteiger partial charge in [0.05, 0.1) is 35.6 Å². The number of aliphatic carboxylic acids is 1. The highest BCUT2D eigenvalue weighted by molar-refractivity contribution is 5.98. The topological polar surface area (TPSA) is 138 Å². The summed E-state index contributed by atoms with van der Waals surface area (Å²) in [6.07, 6.45) is 2.65. The molecule has 6 rings (SSSR count). The van der Waals surface area contributed by atoms with Crippen molar-refractivity contribution in [1.29, 1.82) is 0 Å². The maximum atomic E-state index is 14.6. The first kappa shape index (κ1) is 27.1. The first-order chi connectivity index (χ1) is 19.7. The number of carbonyl (C=O) groups excluding carboxylic acids is 2. The SMILES string of the molecule is C=CCN(Cn1nnc2ccccc21)C(=O)C1N([C@@H](CO)Cc2ccccc2)C(=O)[C@@H]2[C@@H](C(=O)O)[C@@]3(C)CCC12O3. The molecule has 1 spiro atoms. The third-order valence-corrected chi connectivity index (χ3v) is 9.02. The Hall–Kier alpha value is -4.09. The fraction of sp³-hybridized carbons (Fsp3) is 0.433. The summed E-state index contributed by atoms with van der Waals surface area (Å²) in [5.74, 6) is -4.16. The number of amides is 2. The van der Waals surface area contributed by atoms with Gasteiger partial charge in [-0.05, 0) is 43.9 Å². The maximum absolute atomic E-state index is 14.6. The summed E-state index contributed by atoms with van der Waals surface area (Å²) in [7, 11) is 0. The summed E-state index contributed by atoms with van der Waals surface area (Å²) >= 11 is 0. The standard InChI is InChI=1S/C30H33N5O6/c1-3-15-33(18-34-22-12-8-7-11-21(22)31-32-34)27(38)25-30-14-13-29(2,41-30)24(28(39)40)23(30)26(37)35(25)20(17-36)16-19-9-5-4-6-10-19/h3-12,20,23-25,36H,1,13-18H2,2H3,(H,39,40)/t20-,23+,24+,25?,29-,30?/m1/s1. The highest BCUT2D eigenvalue weighted by atomic mass is 16.5. The van der Waals surface area contributed by atoms with Crippen LogP contribution in [0.2, 0.25) is 0 Å². The number of carboxylic acid groups (broad SMARTS) is 1. The number of hydrogen-bond acceptors (Lipinski definition) is 7. The normalized spacial score (nSPS) is 29.1. The number of rotatable bonds is 10. The van der Waals surface area contributed by atoms with Crippen LogP contribution >= 0.6 is 0 Å². The van der Waals surface area contributed by atoms with Gasteiger partial charge in [0, 0.05) is 6.54 Å². The molecule has 2 aromatic carbocycles. The molecule has 6 atom stereocenters. The molecule has 3 saturated heterocycles. The molecule has 0 aliphatic carbocycles. The lowest BCUT2D eigenvalue weighted by atomic mass is 9.66. The van der Waals surface area contributed by atoms with E-state index in [4.69, 9.17) is 4.74 Å². The van der Waals surface area contributed by atoms with E-state index in [2.05, 4.69) is 16.9 Å². The zero-order valence-corrected chi connectivity index (χ0v) is 22.8. The number of aliphatic hydroxyl groups is 1. The van der Waals surface area contributed by atoms with Gasteiger partial charge in [-0.3, -0.25) is 14.4 Å². The number of fused-ring (bicyclic) bond motifs is 2. The van der Waals surface area contributed by atoms with Gasteiger partial charge >= 0.3 is 5.97 Å². The van der Waals surface area contributed by atoms with Crippen LogP contribution < -0.4 is 0 Å². The van der Waals surface area contributed by atoms with E-state index in [1.807, 2.05) is 54.6 Å². The molecule has 0 radical (unpaired) electrons. The molecule has 4 heterocycles. The minimum Gasteiger partial charge on any atom is -0.481 e. The zero-order valence-electron chi connectivity index (χ0n) is 22.8. The number of carbonyl (C=O) groups is 3. The van der Waals surface area contributed by atoms with Gasteiger partial charge in [-0.1, -0.05) is 53.8 Å². The number of carboxylic acids is 1. The molecule has 41 heavy (non-hydrogen) atoms. The number of para-hydroxylation sites is 1. The zero-order chi connectivity index (χ0) is 28.9. The van der Waals surface area contributed by atoms with Crippen LogP contribution in [-0.2, 0) is 32.2 Å². The van der Waals surface area contributed by atoms with Crippen molar-refractivity contribution >= 4 is 28.8 Å². The van der Waals surface area contributed by atoms with E-state index in [0.29, 0.717) is 24.8 Å². The number of likely N-dealkylation sites (tertiary alicyclic amines) is 1. The van der Waals surface area contributed by atoms with Crippen molar-refractivity contribution in [2.75, 3.05) is 13.2 Å². The lowest BCUT2D eigenvalue weighted by Crippen LogP contribution is -2.59. The smallest absolute Gasteiger partial charge is 0.310 e. The van der Waals surface area contributed by atoms with Crippen LogP contribution in [0.3, 0.4) is 0 Å². The molecule has 3 aliphatic heterocycles. The summed E-state index contributed by atoms with van der Waals surface area (Å²) in [6.45, 7) is 5.33. The molecule has 1 aromatic heterocycles. The Morgan fingerprint density at radius 3 is 2.63 bits per heavy atom. The van der Waals surface area contributed by atoms with Crippen LogP contribution in [0.1, 0.15) is 25.3 Å². The van der Waals surface area contributed by atoms with E-state index < -0.39 is 59.5 Å². The van der Waals surface area contributed by atoms with Crippen LogP contribution in [0, 0.1) is 11.8 Å². The number of ether oxygens (including phenoxy) is 1. The first-order valence-electron chi connectivity index (χ1n) is 13.8. The molecule has 2 amide bonds. The second kappa shape index (κ2) is 10.1. The summed E-state index contributed by atoms with van der Waals surface area (Å²) in [5.41, 5.74) is -0.119. The molecular formula is C30H33N5O6. The van der Waals surface area contributed by atoms with E-state index in [9.17, 15) is 24.6 Å². The lowest BCUT2D eigenvalue weighted by molar-refractivity contribution is -0.159. The summed E-state index contributed by atoms with van der Waals surface area (Å²) in [5, 5.41) is 29.2. The monoisotopic (exact) mass is 559 g/mol. The first-order valence-corrected chi connectivity index (χ1v) is 13.8. The van der Waals surface area contributed by atoms with Crippen molar-refractivity contribution in [2.45, 2.75) is 56.1 Å². The quantitative estimate of drug-likeness (QED) is 0.359. The van der Waals surface area contributed by atoms with Crippen molar-refractivity contribution in [3.8, 4) is 0 Å². The maximum Gasteiger partial charge on any atom is 0.310 e. The largest absolute Gasteiger partial charge is 0.481 e. The Morgan fingerprint density at radius 1 is 1.20 bits per heavy atom. The van der Waals surface area contributed by atoms with Crippen molar-refractivity contribution < 1.29 is 29.3 Å². The summed E-state index contributed by atoms with van der Waals surface area (Å²) < 4.78 is 8.13. The number of nitrogens with zero attached hydrogens (tertiary/aromatic N) is 5. The molecule has 3 aliphatic rings. The Morgan fingerprint density at radius 2 is 1.93 bits per heavy atom.